The number of unbranched alkanes of at least 4 members (excludes halogenated alkanes) is 1. The van der Waals surface area contributed by atoms with Crippen LogP contribution < -0.4 is 0 Å². The van der Waals surface area contributed by atoms with E-state index < -0.39 is 0 Å². The third-order valence-corrected chi connectivity index (χ3v) is 4.14. The Labute approximate surface area is 126 Å². The van der Waals surface area contributed by atoms with Crippen LogP contribution in [0, 0.1) is 0 Å². The summed E-state index contributed by atoms with van der Waals surface area (Å²) < 4.78 is 10.3. The summed E-state index contributed by atoms with van der Waals surface area (Å²) in [5, 5.41) is 0. The second kappa shape index (κ2) is 8.34. The molecule has 0 spiro atoms. The van der Waals surface area contributed by atoms with E-state index in [9.17, 15) is 9.59 Å². The molecule has 2 fully saturated rings. The van der Waals surface area contributed by atoms with Gasteiger partial charge in [0.15, 0.2) is 0 Å². The molecule has 0 aromatic heterocycles. The van der Waals surface area contributed by atoms with Crippen molar-refractivity contribution in [3.63, 3.8) is 0 Å². The first-order valence-electron chi connectivity index (χ1n) is 7.89. The van der Waals surface area contributed by atoms with Crippen LogP contribution >= 0.6 is 0 Å². The van der Waals surface area contributed by atoms with Crippen molar-refractivity contribution in [3.8, 4) is 0 Å². The zero-order valence-corrected chi connectivity index (χ0v) is 12.9. The number of carbonyl (C=O) groups is 2. The number of hydrogen-bond donors (Lipinski definition) is 0. The molecule has 0 aromatic rings. The van der Waals surface area contributed by atoms with E-state index in [4.69, 9.17) is 9.47 Å². The average Bonchev–Trinajstić information content (AvgIpc) is 2.51. The van der Waals surface area contributed by atoms with Gasteiger partial charge in [0.05, 0.1) is 19.8 Å². The van der Waals surface area contributed by atoms with Gasteiger partial charge in [0, 0.05) is 26.8 Å². The first-order chi connectivity index (χ1) is 10.2. The maximum atomic E-state index is 12.4. The van der Waals surface area contributed by atoms with Gasteiger partial charge in [0.1, 0.15) is 6.04 Å². The monoisotopic (exact) mass is 298 g/mol. The molecule has 1 atom stereocenters. The molecule has 2 rings (SSSR count). The summed E-state index contributed by atoms with van der Waals surface area (Å²) >= 11 is 0. The van der Waals surface area contributed by atoms with Gasteiger partial charge in [0.2, 0.25) is 11.8 Å². The molecule has 6 heteroatoms. The van der Waals surface area contributed by atoms with Gasteiger partial charge in [-0.25, -0.2) is 0 Å². The Morgan fingerprint density at radius 3 is 2.81 bits per heavy atom. The van der Waals surface area contributed by atoms with Crippen molar-refractivity contribution < 1.29 is 19.1 Å². The maximum absolute atomic E-state index is 12.4. The highest BCUT2D eigenvalue weighted by Crippen LogP contribution is 2.23. The van der Waals surface area contributed by atoms with Gasteiger partial charge in [-0.1, -0.05) is 0 Å². The van der Waals surface area contributed by atoms with Crippen molar-refractivity contribution in [3.05, 3.63) is 0 Å². The lowest BCUT2D eigenvalue weighted by Crippen LogP contribution is -2.61. The molecule has 0 aromatic carbocycles. The van der Waals surface area contributed by atoms with Crippen molar-refractivity contribution in [2.24, 2.45) is 0 Å². The summed E-state index contributed by atoms with van der Waals surface area (Å²) in [6, 6.07) is -0.196. The molecule has 0 saturated carbocycles. The van der Waals surface area contributed by atoms with Gasteiger partial charge in [0.25, 0.3) is 0 Å². The molecule has 6 nitrogen and oxygen atoms in total. The topological polar surface area (TPSA) is 59.1 Å². The number of methoxy groups -OCH3 is 1. The fourth-order valence-corrected chi connectivity index (χ4v) is 2.97. The van der Waals surface area contributed by atoms with Crippen molar-refractivity contribution >= 4 is 11.8 Å². The van der Waals surface area contributed by atoms with Gasteiger partial charge < -0.3 is 19.3 Å². The number of fused-ring (bicyclic) bond motifs is 1. The van der Waals surface area contributed by atoms with Crippen LogP contribution in [0.5, 0.6) is 0 Å². The van der Waals surface area contributed by atoms with Crippen LogP contribution in [0.15, 0.2) is 0 Å². The number of amides is 2. The summed E-state index contributed by atoms with van der Waals surface area (Å²) in [4.78, 5) is 28.0. The van der Waals surface area contributed by atoms with E-state index in [1.807, 2.05) is 0 Å². The largest absolute Gasteiger partial charge is 0.382 e. The number of piperidine rings is 1. The minimum Gasteiger partial charge on any atom is -0.382 e. The highest BCUT2D eigenvalue weighted by molar-refractivity contribution is 5.95. The third kappa shape index (κ3) is 4.41. The molecule has 120 valence electrons. The molecule has 21 heavy (non-hydrogen) atoms. The Hall–Kier alpha value is -1.14. The molecule has 1 unspecified atom stereocenters. The zero-order chi connectivity index (χ0) is 15.1. The SMILES string of the molecule is COCCOCCCCN1CC(=O)N2CCCCC2C1=O. The molecule has 2 aliphatic rings. The summed E-state index contributed by atoms with van der Waals surface area (Å²) in [6.07, 6.45) is 4.66. The lowest BCUT2D eigenvalue weighted by molar-refractivity contribution is -0.157. The summed E-state index contributed by atoms with van der Waals surface area (Å²) in [7, 11) is 1.65. The second-order valence-corrected chi connectivity index (χ2v) is 5.67. The van der Waals surface area contributed by atoms with E-state index in [0.717, 1.165) is 38.6 Å². The standard InChI is InChI=1S/C15H26N2O4/c1-20-10-11-21-9-5-4-7-16-12-14(18)17-8-3-2-6-13(17)15(16)19/h13H,2-12H2,1H3. The molecule has 2 aliphatic heterocycles. The molecule has 0 N–H and O–H groups in total. The first-order valence-corrected chi connectivity index (χ1v) is 7.89. The molecule has 2 heterocycles. The average molecular weight is 298 g/mol. The minimum atomic E-state index is -0.196. The fraction of sp³-hybridized carbons (Fsp3) is 0.867. The highest BCUT2D eigenvalue weighted by atomic mass is 16.5. The number of carbonyl (C=O) groups excluding carboxylic acids is 2. The number of hydrogen-bond acceptors (Lipinski definition) is 4. The highest BCUT2D eigenvalue weighted by Gasteiger charge is 2.39. The Balaban J connectivity index is 1.68. The van der Waals surface area contributed by atoms with Gasteiger partial charge in [-0.15, -0.1) is 0 Å². The van der Waals surface area contributed by atoms with Crippen molar-refractivity contribution in [2.45, 2.75) is 38.1 Å². The summed E-state index contributed by atoms with van der Waals surface area (Å²) in [5.74, 6) is 0.241. The summed E-state index contributed by atoms with van der Waals surface area (Å²) in [6.45, 7) is 3.54. The van der Waals surface area contributed by atoms with E-state index in [1.165, 1.54) is 0 Å². The van der Waals surface area contributed by atoms with E-state index in [0.29, 0.717) is 26.4 Å². The molecule has 0 aliphatic carbocycles. The van der Waals surface area contributed by atoms with Crippen LogP contribution in [0.3, 0.4) is 0 Å². The molecule has 0 bridgehead atoms. The second-order valence-electron chi connectivity index (χ2n) is 5.67. The summed E-state index contributed by atoms with van der Waals surface area (Å²) in [5.41, 5.74) is 0. The lowest BCUT2D eigenvalue weighted by Gasteiger charge is -2.42. The number of nitrogens with zero attached hydrogens (tertiary/aromatic N) is 2. The maximum Gasteiger partial charge on any atom is 0.245 e. The van der Waals surface area contributed by atoms with Crippen LogP contribution in [-0.4, -0.2) is 74.2 Å². The van der Waals surface area contributed by atoms with E-state index in [2.05, 4.69) is 0 Å². The first kappa shape index (κ1) is 16.2. The Bertz CT molecular complexity index is 362. The Morgan fingerprint density at radius 2 is 2.00 bits per heavy atom. The van der Waals surface area contributed by atoms with E-state index in [1.54, 1.807) is 16.9 Å². The van der Waals surface area contributed by atoms with Crippen LogP contribution in [0.1, 0.15) is 32.1 Å². The molecule has 2 saturated heterocycles. The van der Waals surface area contributed by atoms with Gasteiger partial charge in [-0.2, -0.15) is 0 Å². The smallest absolute Gasteiger partial charge is 0.245 e. The normalized spacial score (nSPS) is 22.6. The molecular weight excluding hydrogens is 272 g/mol. The van der Waals surface area contributed by atoms with E-state index >= 15 is 0 Å². The van der Waals surface area contributed by atoms with Crippen molar-refractivity contribution in [1.29, 1.82) is 0 Å². The van der Waals surface area contributed by atoms with Gasteiger partial charge in [-0.3, -0.25) is 9.59 Å². The molecule has 2 amide bonds. The van der Waals surface area contributed by atoms with Crippen LogP contribution in [0.4, 0.5) is 0 Å². The van der Waals surface area contributed by atoms with Gasteiger partial charge >= 0.3 is 0 Å². The van der Waals surface area contributed by atoms with Crippen molar-refractivity contribution in [1.82, 2.24) is 9.80 Å². The Kier molecular flexibility index (Phi) is 6.45. The Morgan fingerprint density at radius 1 is 1.14 bits per heavy atom. The van der Waals surface area contributed by atoms with E-state index in [-0.39, 0.29) is 24.4 Å². The quantitative estimate of drug-likeness (QED) is 0.618. The fourth-order valence-electron chi connectivity index (χ4n) is 2.97. The third-order valence-electron chi connectivity index (χ3n) is 4.14. The number of ether oxygens (including phenoxy) is 2. The van der Waals surface area contributed by atoms with Gasteiger partial charge in [-0.05, 0) is 32.1 Å². The number of rotatable bonds is 8. The lowest BCUT2D eigenvalue weighted by atomic mass is 9.98. The predicted octanol–water partition coefficient (Wildman–Crippen LogP) is 0.653. The number of piperazine rings is 1. The van der Waals surface area contributed by atoms with Crippen molar-refractivity contribution in [2.75, 3.05) is 46.6 Å². The molecule has 0 radical (unpaired) electrons. The van der Waals surface area contributed by atoms with Crippen LogP contribution in [0.25, 0.3) is 0 Å². The minimum absolute atomic E-state index is 0.107. The zero-order valence-electron chi connectivity index (χ0n) is 12.9. The molecular formula is C15H26N2O4. The van der Waals surface area contributed by atoms with Crippen LogP contribution in [0.2, 0.25) is 0 Å². The van der Waals surface area contributed by atoms with Crippen LogP contribution in [-0.2, 0) is 19.1 Å². The predicted molar refractivity (Wildman–Crippen MR) is 77.9 cm³/mol.